The maximum Gasteiger partial charge on any atom is 0.232 e. The summed E-state index contributed by atoms with van der Waals surface area (Å²) in [7, 11) is 1.81. The molecular formula is C10H16N2O2. The van der Waals surface area contributed by atoms with Crippen LogP contribution in [0.1, 0.15) is 13.3 Å². The highest BCUT2D eigenvalue weighted by Crippen LogP contribution is 2.19. The van der Waals surface area contributed by atoms with E-state index in [1.165, 1.54) is 4.90 Å². The van der Waals surface area contributed by atoms with E-state index in [0.29, 0.717) is 19.5 Å². The standard InChI is InChI=1S/C10H16N2O2/c1-7(5-11-3)6-12-9(13)4-8(2)10(12)14/h8,11H,1,4-6H2,2-3H3. The number of carbonyl (C=O) groups is 2. The van der Waals surface area contributed by atoms with Gasteiger partial charge in [-0.25, -0.2) is 0 Å². The number of imide groups is 1. The second kappa shape index (κ2) is 4.37. The van der Waals surface area contributed by atoms with Gasteiger partial charge in [0.2, 0.25) is 11.8 Å². The first-order valence-corrected chi connectivity index (χ1v) is 4.71. The minimum absolute atomic E-state index is 0.0766. The lowest BCUT2D eigenvalue weighted by atomic mass is 10.1. The fraction of sp³-hybridized carbons (Fsp3) is 0.600. The minimum atomic E-state index is -0.162. The average Bonchev–Trinajstić information content (AvgIpc) is 2.33. The summed E-state index contributed by atoms with van der Waals surface area (Å²) in [5.74, 6) is -0.322. The van der Waals surface area contributed by atoms with E-state index in [0.717, 1.165) is 5.57 Å². The second-order valence-corrected chi connectivity index (χ2v) is 3.70. The van der Waals surface area contributed by atoms with Gasteiger partial charge >= 0.3 is 0 Å². The van der Waals surface area contributed by atoms with Crippen LogP contribution in [0.5, 0.6) is 0 Å². The highest BCUT2D eigenvalue weighted by atomic mass is 16.2. The molecule has 0 saturated carbocycles. The maximum atomic E-state index is 11.5. The summed E-state index contributed by atoms with van der Waals surface area (Å²) in [6, 6.07) is 0. The van der Waals surface area contributed by atoms with Gasteiger partial charge in [-0.05, 0) is 12.6 Å². The number of nitrogens with zero attached hydrogens (tertiary/aromatic N) is 1. The fourth-order valence-corrected chi connectivity index (χ4v) is 1.54. The molecule has 14 heavy (non-hydrogen) atoms. The Balaban J connectivity index is 2.56. The molecule has 1 atom stereocenters. The molecule has 1 fully saturated rings. The van der Waals surface area contributed by atoms with Gasteiger partial charge in [-0.15, -0.1) is 0 Å². The molecule has 4 nitrogen and oxygen atoms in total. The zero-order valence-electron chi connectivity index (χ0n) is 8.67. The molecule has 4 heteroatoms. The molecule has 1 unspecified atom stereocenters. The molecule has 0 aliphatic carbocycles. The van der Waals surface area contributed by atoms with Crippen LogP contribution in [0.2, 0.25) is 0 Å². The number of likely N-dealkylation sites (N-methyl/N-ethyl adjacent to an activating group) is 1. The molecule has 2 amide bonds. The third-order valence-electron chi connectivity index (χ3n) is 2.28. The first-order valence-electron chi connectivity index (χ1n) is 4.71. The first-order chi connectivity index (χ1) is 6.56. The molecular weight excluding hydrogens is 180 g/mol. The second-order valence-electron chi connectivity index (χ2n) is 3.70. The van der Waals surface area contributed by atoms with E-state index in [2.05, 4.69) is 11.9 Å². The number of hydrogen-bond acceptors (Lipinski definition) is 3. The van der Waals surface area contributed by atoms with Crippen molar-refractivity contribution in [2.24, 2.45) is 5.92 Å². The molecule has 78 valence electrons. The van der Waals surface area contributed by atoms with E-state index in [1.54, 1.807) is 14.0 Å². The van der Waals surface area contributed by atoms with Gasteiger partial charge < -0.3 is 5.32 Å². The van der Waals surface area contributed by atoms with Gasteiger partial charge in [-0.2, -0.15) is 0 Å². The molecule has 1 N–H and O–H groups in total. The fourth-order valence-electron chi connectivity index (χ4n) is 1.54. The summed E-state index contributed by atoms with van der Waals surface area (Å²) in [5, 5.41) is 2.93. The Kier molecular flexibility index (Phi) is 3.41. The smallest absolute Gasteiger partial charge is 0.232 e. The van der Waals surface area contributed by atoms with E-state index in [9.17, 15) is 9.59 Å². The monoisotopic (exact) mass is 196 g/mol. The van der Waals surface area contributed by atoms with Crippen molar-refractivity contribution in [2.75, 3.05) is 20.1 Å². The van der Waals surface area contributed by atoms with Crippen molar-refractivity contribution in [3.8, 4) is 0 Å². The molecule has 0 bridgehead atoms. The highest BCUT2D eigenvalue weighted by molar-refractivity contribution is 6.03. The molecule has 1 heterocycles. The maximum absolute atomic E-state index is 11.5. The van der Waals surface area contributed by atoms with Gasteiger partial charge in [0.15, 0.2) is 0 Å². The van der Waals surface area contributed by atoms with Crippen LogP contribution >= 0.6 is 0 Å². The predicted octanol–water partition coefficient (Wildman–Crippen LogP) is 0.157. The summed E-state index contributed by atoms with van der Waals surface area (Å²) < 4.78 is 0. The van der Waals surface area contributed by atoms with E-state index < -0.39 is 0 Å². The summed E-state index contributed by atoms with van der Waals surface area (Å²) in [6.45, 7) is 6.55. The average molecular weight is 196 g/mol. The van der Waals surface area contributed by atoms with Crippen molar-refractivity contribution in [3.05, 3.63) is 12.2 Å². The van der Waals surface area contributed by atoms with E-state index in [4.69, 9.17) is 0 Å². The van der Waals surface area contributed by atoms with Crippen molar-refractivity contribution in [2.45, 2.75) is 13.3 Å². The van der Waals surface area contributed by atoms with Gasteiger partial charge in [0.1, 0.15) is 0 Å². The van der Waals surface area contributed by atoms with Crippen LogP contribution in [0, 0.1) is 5.92 Å². The summed E-state index contributed by atoms with van der Waals surface area (Å²) in [5.41, 5.74) is 0.850. The Morgan fingerprint density at radius 1 is 1.64 bits per heavy atom. The zero-order valence-corrected chi connectivity index (χ0v) is 8.67. The van der Waals surface area contributed by atoms with Gasteiger partial charge in [0.25, 0.3) is 0 Å². The third-order valence-corrected chi connectivity index (χ3v) is 2.28. The molecule has 1 saturated heterocycles. The Morgan fingerprint density at radius 3 is 2.71 bits per heavy atom. The van der Waals surface area contributed by atoms with Crippen LogP contribution in [0.3, 0.4) is 0 Å². The molecule has 0 aromatic rings. The molecule has 1 rings (SSSR count). The van der Waals surface area contributed by atoms with Gasteiger partial charge in [0, 0.05) is 18.9 Å². The lowest BCUT2D eigenvalue weighted by Crippen LogP contribution is -2.33. The summed E-state index contributed by atoms with van der Waals surface area (Å²) in [6.07, 6.45) is 0.339. The summed E-state index contributed by atoms with van der Waals surface area (Å²) in [4.78, 5) is 24.2. The molecule has 0 spiro atoms. The molecule has 0 radical (unpaired) electrons. The Bertz CT molecular complexity index is 273. The zero-order chi connectivity index (χ0) is 10.7. The number of amides is 2. The van der Waals surface area contributed by atoms with Crippen LogP contribution in [0.15, 0.2) is 12.2 Å². The van der Waals surface area contributed by atoms with Crippen molar-refractivity contribution < 1.29 is 9.59 Å². The lowest BCUT2D eigenvalue weighted by molar-refractivity contribution is -0.138. The van der Waals surface area contributed by atoms with E-state index in [1.807, 2.05) is 0 Å². The van der Waals surface area contributed by atoms with Crippen molar-refractivity contribution in [1.82, 2.24) is 10.2 Å². The van der Waals surface area contributed by atoms with Crippen LogP contribution in [-0.2, 0) is 9.59 Å². The van der Waals surface area contributed by atoms with Gasteiger partial charge in [0.05, 0.1) is 6.54 Å². The topological polar surface area (TPSA) is 49.4 Å². The first kappa shape index (κ1) is 10.9. The molecule has 0 aromatic carbocycles. The number of carbonyl (C=O) groups excluding carboxylic acids is 2. The third kappa shape index (κ3) is 2.20. The Hall–Kier alpha value is -1.16. The Morgan fingerprint density at radius 2 is 2.29 bits per heavy atom. The SMILES string of the molecule is C=C(CNC)CN1C(=O)CC(C)C1=O. The van der Waals surface area contributed by atoms with E-state index >= 15 is 0 Å². The molecule has 0 aromatic heterocycles. The van der Waals surface area contributed by atoms with Crippen LogP contribution in [0.4, 0.5) is 0 Å². The minimum Gasteiger partial charge on any atom is -0.316 e. The predicted molar refractivity (Wildman–Crippen MR) is 53.6 cm³/mol. The van der Waals surface area contributed by atoms with Crippen molar-refractivity contribution in [1.29, 1.82) is 0 Å². The normalized spacial score (nSPS) is 21.9. The summed E-state index contributed by atoms with van der Waals surface area (Å²) >= 11 is 0. The highest BCUT2D eigenvalue weighted by Gasteiger charge is 2.35. The number of likely N-dealkylation sites (tertiary alicyclic amines) is 1. The molecule has 1 aliphatic heterocycles. The van der Waals surface area contributed by atoms with Crippen molar-refractivity contribution >= 4 is 11.8 Å². The number of nitrogens with one attached hydrogen (secondary N) is 1. The van der Waals surface area contributed by atoms with Crippen LogP contribution < -0.4 is 5.32 Å². The van der Waals surface area contributed by atoms with Crippen molar-refractivity contribution in [3.63, 3.8) is 0 Å². The molecule has 1 aliphatic rings. The van der Waals surface area contributed by atoms with Gasteiger partial charge in [-0.1, -0.05) is 13.5 Å². The van der Waals surface area contributed by atoms with Crippen LogP contribution in [-0.4, -0.2) is 36.9 Å². The van der Waals surface area contributed by atoms with Gasteiger partial charge in [-0.3, -0.25) is 14.5 Å². The quantitative estimate of drug-likeness (QED) is 0.514. The van der Waals surface area contributed by atoms with Crippen LogP contribution in [0.25, 0.3) is 0 Å². The van der Waals surface area contributed by atoms with E-state index in [-0.39, 0.29) is 17.7 Å². The Labute approximate surface area is 84.0 Å². The lowest BCUT2D eigenvalue weighted by Gasteiger charge is -2.15. The largest absolute Gasteiger partial charge is 0.316 e. The number of hydrogen-bond donors (Lipinski definition) is 1. The number of rotatable bonds is 4.